The molecule has 2 aliphatic heterocycles. The van der Waals surface area contributed by atoms with Crippen molar-refractivity contribution >= 4 is 11.8 Å². The van der Waals surface area contributed by atoms with Gasteiger partial charge >= 0.3 is 5.97 Å². The van der Waals surface area contributed by atoms with Crippen LogP contribution >= 0.6 is 0 Å². The number of carbonyl (C=O) groups excluding carboxylic acids is 2. The minimum atomic E-state index is -0.590. The lowest BCUT2D eigenvalue weighted by atomic mass is 9.70. The topological polar surface area (TPSA) is 102 Å². The molecule has 56 heavy (non-hydrogen) atoms. The number of allylic oxidation sites excluding steroid dienone is 5. The molecule has 2 heterocycles. The van der Waals surface area contributed by atoms with Gasteiger partial charge in [0.25, 0.3) is 0 Å². The predicted octanol–water partition coefficient (Wildman–Crippen LogP) is 7.49. The highest BCUT2D eigenvalue weighted by molar-refractivity contribution is 5.99. The first-order valence-corrected chi connectivity index (χ1v) is 22.1. The molecule has 10 heteroatoms. The largest absolute Gasteiger partial charge is 0.458 e. The summed E-state index contributed by atoms with van der Waals surface area (Å²) < 4.78 is 43.7. The summed E-state index contributed by atoms with van der Waals surface area (Å²) in [6, 6.07) is 0.571. The first-order chi connectivity index (χ1) is 27.0. The summed E-state index contributed by atoms with van der Waals surface area (Å²) >= 11 is 0. The Morgan fingerprint density at radius 2 is 1.62 bits per heavy atom. The van der Waals surface area contributed by atoms with Gasteiger partial charge in [-0.05, 0) is 126 Å². The van der Waals surface area contributed by atoms with E-state index >= 15 is 0 Å². The van der Waals surface area contributed by atoms with Gasteiger partial charge in [-0.25, -0.2) is 0 Å². The highest BCUT2D eigenvalue weighted by Gasteiger charge is 2.52. The summed E-state index contributed by atoms with van der Waals surface area (Å²) in [5.41, 5.74) is 0.796. The molecular weight excluding hydrogens is 711 g/mol. The van der Waals surface area contributed by atoms with Gasteiger partial charge in [0, 0.05) is 39.2 Å². The molecule has 0 aromatic heterocycles. The van der Waals surface area contributed by atoms with Crippen molar-refractivity contribution in [2.75, 3.05) is 34.9 Å². The van der Waals surface area contributed by atoms with Gasteiger partial charge in [0.1, 0.15) is 24.4 Å². The maximum Gasteiger partial charge on any atom is 0.307 e. The molecule has 17 atom stereocenters. The van der Waals surface area contributed by atoms with Crippen LogP contribution in [0.4, 0.5) is 0 Å². The number of hydrogen-bond acceptors (Lipinski definition) is 10. The van der Waals surface area contributed by atoms with Gasteiger partial charge in [0.15, 0.2) is 12.1 Å². The van der Waals surface area contributed by atoms with Crippen LogP contribution in [-0.2, 0) is 42.7 Å². The molecule has 0 radical (unpaired) electrons. The molecule has 0 aromatic carbocycles. The molecular formula is C46H73NO9. The number of esters is 1. The van der Waals surface area contributed by atoms with E-state index in [1.54, 1.807) is 21.3 Å². The van der Waals surface area contributed by atoms with Gasteiger partial charge in [-0.2, -0.15) is 0 Å². The SMILES string of the molecule is CCC=CC1CCC[C@H](O[C@H]2CC[C@H](N(C)CCC)[C@@H](C)C2)[C@@H](C)C(=O)C2=CC3C(C=CC4C[C@@H](O[C@@H]5O[C@@H](C)[C@H](OC)[C@@H](OC)[C@H]5OC)CC43)C2CC(=O)O1. The lowest BCUT2D eigenvalue weighted by molar-refractivity contribution is -0.314. The van der Waals surface area contributed by atoms with Crippen LogP contribution in [0.3, 0.4) is 0 Å². The van der Waals surface area contributed by atoms with E-state index in [9.17, 15) is 9.59 Å². The van der Waals surface area contributed by atoms with Crippen LogP contribution in [0, 0.1) is 41.4 Å². The molecule has 316 valence electrons. The van der Waals surface area contributed by atoms with E-state index in [4.69, 9.17) is 33.2 Å². The Hall–Kier alpha value is -1.92. The van der Waals surface area contributed by atoms with Crippen LogP contribution in [0.5, 0.6) is 0 Å². The second kappa shape index (κ2) is 19.9. The molecule has 4 fully saturated rings. The molecule has 2 saturated heterocycles. The van der Waals surface area contributed by atoms with Crippen LogP contribution in [0.1, 0.15) is 105 Å². The molecule has 0 aromatic rings. The lowest BCUT2D eigenvalue weighted by Crippen LogP contribution is -2.59. The Morgan fingerprint density at radius 1 is 0.857 bits per heavy atom. The van der Waals surface area contributed by atoms with E-state index in [-0.39, 0.29) is 90.5 Å². The number of methoxy groups -OCH3 is 3. The third-order valence-corrected chi connectivity index (χ3v) is 14.3. The zero-order valence-electron chi connectivity index (χ0n) is 35.8. The fraction of sp³-hybridized carbons (Fsp3) is 0.826. The van der Waals surface area contributed by atoms with Crippen LogP contribution in [0.2, 0.25) is 0 Å². The third-order valence-electron chi connectivity index (χ3n) is 14.3. The maximum absolute atomic E-state index is 14.8. The fourth-order valence-corrected chi connectivity index (χ4v) is 11.5. The van der Waals surface area contributed by atoms with E-state index in [0.717, 1.165) is 76.3 Å². The zero-order valence-corrected chi connectivity index (χ0v) is 35.8. The van der Waals surface area contributed by atoms with E-state index in [1.165, 1.54) is 0 Å². The molecule has 6 rings (SSSR count). The number of rotatable bonds is 12. The van der Waals surface area contributed by atoms with Crippen molar-refractivity contribution < 1.29 is 42.7 Å². The van der Waals surface area contributed by atoms with Crippen LogP contribution in [-0.4, -0.2) is 113 Å². The minimum Gasteiger partial charge on any atom is -0.458 e. The summed E-state index contributed by atoms with van der Waals surface area (Å²) in [6.45, 7) is 11.9. The zero-order chi connectivity index (χ0) is 40.1. The Labute approximate surface area is 337 Å². The lowest BCUT2D eigenvalue weighted by Gasteiger charge is -2.44. The quantitative estimate of drug-likeness (QED) is 0.146. The first-order valence-electron chi connectivity index (χ1n) is 22.1. The summed E-state index contributed by atoms with van der Waals surface area (Å²) in [7, 11) is 7.25. The van der Waals surface area contributed by atoms with Gasteiger partial charge in [0.2, 0.25) is 0 Å². The van der Waals surface area contributed by atoms with Gasteiger partial charge in [-0.1, -0.05) is 52.0 Å². The highest BCUT2D eigenvalue weighted by Crippen LogP contribution is 2.54. The third kappa shape index (κ3) is 9.58. The number of cyclic esters (lactones) is 1. The van der Waals surface area contributed by atoms with Crippen LogP contribution < -0.4 is 0 Å². The predicted molar refractivity (Wildman–Crippen MR) is 216 cm³/mol. The highest BCUT2D eigenvalue weighted by atomic mass is 16.7. The molecule has 4 aliphatic carbocycles. The molecule has 2 saturated carbocycles. The van der Waals surface area contributed by atoms with Crippen molar-refractivity contribution in [1.82, 2.24) is 4.90 Å². The van der Waals surface area contributed by atoms with Crippen molar-refractivity contribution in [2.45, 2.75) is 166 Å². The van der Waals surface area contributed by atoms with Crippen molar-refractivity contribution in [3.8, 4) is 0 Å². The van der Waals surface area contributed by atoms with Gasteiger partial charge < -0.3 is 38.1 Å². The molecule has 0 spiro atoms. The average molecular weight is 784 g/mol. The second-order valence-electron chi connectivity index (χ2n) is 17.9. The summed E-state index contributed by atoms with van der Waals surface area (Å²) in [5, 5.41) is 0. The van der Waals surface area contributed by atoms with Crippen LogP contribution in [0.25, 0.3) is 0 Å². The number of carbonyl (C=O) groups is 2. The molecule has 0 bridgehead atoms. The normalized spacial score (nSPS) is 43.5. The van der Waals surface area contributed by atoms with Crippen molar-refractivity contribution in [3.05, 3.63) is 36.0 Å². The minimum absolute atomic E-state index is 0.0485. The standard InChI is InChI=1S/C46H73NO9/c1-10-12-14-31-15-13-16-40(54-32-18-20-39(27(3)22-32)47(6)21-11-2)28(4)42(49)38-25-36-34(37(38)26-41(48)55-31)19-17-30-23-33(24-35(30)36)56-46-45(52-9)44(51-8)43(50-7)29(5)53-46/h12,14,17,19,25,27-37,39-40,43-46H,10-11,13,15-16,18,20-24,26H2,1-9H3/t27-,28+,29-,30?,31?,32-,33+,34?,35?,36?,37?,39-,40-,43-,44+,45+,46-/m0/s1. The molecule has 6 aliphatic rings. The smallest absolute Gasteiger partial charge is 0.307 e. The average Bonchev–Trinajstić information content (AvgIpc) is 3.76. The van der Waals surface area contributed by atoms with Gasteiger partial charge in [0.05, 0.1) is 30.8 Å². The Kier molecular flexibility index (Phi) is 15.5. The van der Waals surface area contributed by atoms with E-state index in [2.05, 4.69) is 70.0 Å². The molecule has 6 unspecified atom stereocenters. The summed E-state index contributed by atoms with van der Waals surface area (Å²) in [4.78, 5) is 31.1. The number of hydrogen-bond donors (Lipinski definition) is 0. The maximum atomic E-state index is 14.8. The number of ether oxygens (including phenoxy) is 7. The number of nitrogens with zero attached hydrogens (tertiary/aromatic N) is 1. The Morgan fingerprint density at radius 3 is 2.32 bits per heavy atom. The molecule has 0 N–H and O–H groups in total. The van der Waals surface area contributed by atoms with Crippen molar-refractivity contribution in [2.24, 2.45) is 41.4 Å². The first kappa shape index (κ1) is 43.7. The van der Waals surface area contributed by atoms with Crippen molar-refractivity contribution in [3.63, 3.8) is 0 Å². The van der Waals surface area contributed by atoms with E-state index in [1.807, 2.05) is 6.92 Å². The second-order valence-corrected chi connectivity index (χ2v) is 17.9. The molecule has 10 nitrogen and oxygen atoms in total. The molecule has 0 amide bonds. The van der Waals surface area contributed by atoms with Crippen molar-refractivity contribution in [1.29, 1.82) is 0 Å². The van der Waals surface area contributed by atoms with Gasteiger partial charge in [-0.3, -0.25) is 9.59 Å². The Balaban J connectivity index is 1.21. The van der Waals surface area contributed by atoms with E-state index in [0.29, 0.717) is 17.9 Å². The number of Topliss-reactive ketones (excluding diaryl/α,β-unsaturated/α-hetero) is 1. The monoisotopic (exact) mass is 784 g/mol. The summed E-state index contributed by atoms with van der Waals surface area (Å²) in [6.07, 6.45) is 18.2. The van der Waals surface area contributed by atoms with E-state index < -0.39 is 12.4 Å². The summed E-state index contributed by atoms with van der Waals surface area (Å²) in [5.74, 6) is 0.685. The Bertz CT molecular complexity index is 1400. The number of ketones is 1. The van der Waals surface area contributed by atoms with Crippen LogP contribution in [0.15, 0.2) is 36.0 Å². The van der Waals surface area contributed by atoms with Gasteiger partial charge in [-0.15, -0.1) is 0 Å². The number of fused-ring (bicyclic) bond motifs is 5. The fourth-order valence-electron chi connectivity index (χ4n) is 11.5.